The monoisotopic (exact) mass is 404 g/mol. The minimum Gasteiger partial charge on any atom is -0.481 e. The molecule has 0 atom stereocenters. The van der Waals surface area contributed by atoms with E-state index in [0.717, 1.165) is 25.7 Å². The molecule has 0 aromatic rings. The van der Waals surface area contributed by atoms with Crippen molar-refractivity contribution < 1.29 is 39.6 Å². The van der Waals surface area contributed by atoms with E-state index < -0.39 is 11.9 Å². The van der Waals surface area contributed by atoms with Gasteiger partial charge in [0.2, 0.25) is 12.8 Å². The topological polar surface area (TPSA) is 156 Å². The van der Waals surface area contributed by atoms with Crippen LogP contribution in [0.1, 0.15) is 38.5 Å². The van der Waals surface area contributed by atoms with Gasteiger partial charge in [-0.05, 0) is 25.2 Å². The number of hydrogen-bond donors (Lipinski definition) is 4. The molecule has 10 nitrogen and oxygen atoms in total. The van der Waals surface area contributed by atoms with Gasteiger partial charge in [0.05, 0.1) is 12.8 Å². The highest BCUT2D eigenvalue weighted by Crippen LogP contribution is 1.96. The van der Waals surface area contributed by atoms with Crippen LogP contribution in [0.3, 0.4) is 0 Å². The van der Waals surface area contributed by atoms with E-state index >= 15 is 0 Å². The van der Waals surface area contributed by atoms with Crippen molar-refractivity contribution in [2.24, 2.45) is 0 Å². The molecule has 0 radical (unpaired) electrons. The van der Waals surface area contributed by atoms with Crippen molar-refractivity contribution in [1.29, 1.82) is 0 Å². The van der Waals surface area contributed by atoms with E-state index in [1.807, 2.05) is 0 Å². The number of carbonyl (C=O) groups excluding carboxylic acids is 2. The van der Waals surface area contributed by atoms with Gasteiger partial charge in [0, 0.05) is 26.3 Å². The largest absolute Gasteiger partial charge is 0.481 e. The fourth-order valence-corrected chi connectivity index (χ4v) is 1.40. The summed E-state index contributed by atoms with van der Waals surface area (Å²) in [4.78, 5) is 42.3. The summed E-state index contributed by atoms with van der Waals surface area (Å²) in [7, 11) is 0. The highest BCUT2D eigenvalue weighted by atomic mass is 16.4. The Balaban J connectivity index is -0.000000337. The van der Waals surface area contributed by atoms with Crippen molar-refractivity contribution in [3.05, 3.63) is 25.6 Å². The fourth-order valence-electron chi connectivity index (χ4n) is 1.40. The predicted octanol–water partition coefficient (Wildman–Crippen LogP) is 0.657. The molecule has 0 aliphatic carbocycles. The Morgan fingerprint density at radius 3 is 1.21 bits per heavy atom. The molecule has 4 N–H and O–H groups in total. The van der Waals surface area contributed by atoms with E-state index in [2.05, 4.69) is 13.2 Å². The summed E-state index contributed by atoms with van der Waals surface area (Å²) in [5.41, 5.74) is 0. The molecule has 0 bridgehead atoms. The third-order valence-corrected chi connectivity index (χ3v) is 2.97. The molecule has 0 unspecified atom stereocenters. The van der Waals surface area contributed by atoms with Gasteiger partial charge >= 0.3 is 11.9 Å². The van der Waals surface area contributed by atoms with E-state index in [9.17, 15) is 19.2 Å². The number of amides is 2. The molecule has 28 heavy (non-hydrogen) atoms. The van der Waals surface area contributed by atoms with Crippen LogP contribution in [0.5, 0.6) is 0 Å². The smallest absolute Gasteiger partial charge is 0.305 e. The quantitative estimate of drug-likeness (QED) is 0.229. The third kappa shape index (κ3) is 28.1. The number of rotatable bonds is 15. The summed E-state index contributed by atoms with van der Waals surface area (Å²) in [5, 5.41) is 33.0. The Hall–Kier alpha value is -2.72. The van der Waals surface area contributed by atoms with Crippen LogP contribution in [0, 0.1) is 0 Å². The van der Waals surface area contributed by atoms with Crippen LogP contribution in [-0.2, 0) is 19.2 Å². The summed E-state index contributed by atoms with van der Waals surface area (Å²) >= 11 is 0. The zero-order chi connectivity index (χ0) is 22.2. The number of aliphatic carboxylic acids is 2. The molecule has 162 valence electrons. The SMILES string of the molecule is C=CN(C=O)CCC(=O)O.C=CN(C=O)CCC(=O)O.OCCCCCCO. The lowest BCUT2D eigenvalue weighted by Gasteiger charge is -2.07. The fraction of sp³-hybridized carbons (Fsp3) is 0.556. The number of carboxylic acid groups (broad SMARTS) is 2. The first-order valence-corrected chi connectivity index (χ1v) is 8.65. The van der Waals surface area contributed by atoms with E-state index in [1.54, 1.807) is 0 Å². The molecular formula is C18H32N2O8. The first-order chi connectivity index (χ1) is 13.3. The Kier molecular flexibility index (Phi) is 26.0. The van der Waals surface area contributed by atoms with Gasteiger partial charge in [-0.25, -0.2) is 0 Å². The van der Waals surface area contributed by atoms with Crippen molar-refractivity contribution in [3.8, 4) is 0 Å². The number of aliphatic hydroxyl groups is 2. The van der Waals surface area contributed by atoms with E-state index in [0.29, 0.717) is 12.8 Å². The summed E-state index contributed by atoms with van der Waals surface area (Å²) in [6.45, 7) is 7.56. The molecule has 0 aromatic carbocycles. The van der Waals surface area contributed by atoms with Gasteiger partial charge in [-0.3, -0.25) is 19.2 Å². The maximum absolute atomic E-state index is 10.0. The van der Waals surface area contributed by atoms with Gasteiger partial charge in [-0.2, -0.15) is 0 Å². The summed E-state index contributed by atoms with van der Waals surface area (Å²) < 4.78 is 0. The van der Waals surface area contributed by atoms with Crippen LogP contribution in [0.2, 0.25) is 0 Å². The van der Waals surface area contributed by atoms with Gasteiger partial charge in [-0.15, -0.1) is 0 Å². The van der Waals surface area contributed by atoms with Crippen LogP contribution >= 0.6 is 0 Å². The highest BCUT2D eigenvalue weighted by Gasteiger charge is 2.00. The molecule has 0 spiro atoms. The Morgan fingerprint density at radius 2 is 1.04 bits per heavy atom. The molecule has 0 rings (SSSR count). The van der Waals surface area contributed by atoms with E-state index in [1.165, 1.54) is 22.2 Å². The lowest BCUT2D eigenvalue weighted by molar-refractivity contribution is -0.138. The molecule has 0 aromatic heterocycles. The Bertz CT molecular complexity index is 387. The zero-order valence-corrected chi connectivity index (χ0v) is 16.1. The molecule has 0 fully saturated rings. The van der Waals surface area contributed by atoms with Crippen LogP contribution in [0.4, 0.5) is 0 Å². The number of hydrogen-bond acceptors (Lipinski definition) is 6. The number of carboxylic acids is 2. The van der Waals surface area contributed by atoms with Crippen LogP contribution < -0.4 is 0 Å². The molecule has 2 amide bonds. The van der Waals surface area contributed by atoms with E-state index in [-0.39, 0.29) is 39.1 Å². The van der Waals surface area contributed by atoms with Crippen molar-refractivity contribution in [1.82, 2.24) is 9.80 Å². The van der Waals surface area contributed by atoms with Gasteiger partial charge in [0.15, 0.2) is 0 Å². The zero-order valence-electron chi connectivity index (χ0n) is 16.1. The second-order valence-electron chi connectivity index (χ2n) is 5.20. The number of nitrogens with zero attached hydrogens (tertiary/aromatic N) is 2. The van der Waals surface area contributed by atoms with Crippen molar-refractivity contribution in [2.75, 3.05) is 26.3 Å². The van der Waals surface area contributed by atoms with Gasteiger partial charge < -0.3 is 30.2 Å². The predicted molar refractivity (Wildman–Crippen MR) is 103 cm³/mol. The molecule has 0 aliphatic rings. The van der Waals surface area contributed by atoms with E-state index in [4.69, 9.17) is 20.4 Å². The van der Waals surface area contributed by atoms with Crippen LogP contribution in [0.25, 0.3) is 0 Å². The third-order valence-electron chi connectivity index (χ3n) is 2.97. The molecule has 0 saturated heterocycles. The van der Waals surface area contributed by atoms with Crippen molar-refractivity contribution >= 4 is 24.8 Å². The molecule has 10 heteroatoms. The lowest BCUT2D eigenvalue weighted by Crippen LogP contribution is -2.18. The number of unbranched alkanes of at least 4 members (excludes halogenated alkanes) is 3. The summed E-state index contributed by atoms with van der Waals surface area (Å²) in [6.07, 6.45) is 7.38. The normalized spacial score (nSPS) is 8.79. The standard InChI is InChI=1S/2C6H9NO3.C6H14O2/c2*1-2-7(5-8)4-3-6(9)10;7-5-3-1-2-4-6-8/h2*2,5H,1,3-4H2,(H,9,10);7-8H,1-6H2. The number of carbonyl (C=O) groups is 4. The second kappa shape index (κ2) is 24.3. The minimum atomic E-state index is -0.922. The maximum Gasteiger partial charge on any atom is 0.305 e. The van der Waals surface area contributed by atoms with Crippen molar-refractivity contribution in [3.63, 3.8) is 0 Å². The van der Waals surface area contributed by atoms with Gasteiger partial charge in [-0.1, -0.05) is 26.0 Å². The van der Waals surface area contributed by atoms with Crippen LogP contribution in [-0.4, -0.2) is 81.3 Å². The highest BCUT2D eigenvalue weighted by molar-refractivity contribution is 5.67. The summed E-state index contributed by atoms with van der Waals surface area (Å²) in [5.74, 6) is -1.84. The lowest BCUT2D eigenvalue weighted by atomic mass is 10.2. The molecular weight excluding hydrogens is 372 g/mol. The maximum atomic E-state index is 10.0. The Labute approximate surface area is 165 Å². The van der Waals surface area contributed by atoms with Gasteiger partial charge in [0.1, 0.15) is 0 Å². The van der Waals surface area contributed by atoms with Gasteiger partial charge in [0.25, 0.3) is 0 Å². The average molecular weight is 404 g/mol. The second-order valence-corrected chi connectivity index (χ2v) is 5.20. The average Bonchev–Trinajstić information content (AvgIpc) is 2.67. The number of aliphatic hydroxyl groups excluding tert-OH is 2. The van der Waals surface area contributed by atoms with Crippen LogP contribution in [0.15, 0.2) is 25.6 Å². The summed E-state index contributed by atoms with van der Waals surface area (Å²) in [6, 6.07) is 0. The Morgan fingerprint density at radius 1 is 0.714 bits per heavy atom. The minimum absolute atomic E-state index is 0.0508. The first kappa shape index (κ1) is 30.0. The molecule has 0 heterocycles. The molecule has 0 aliphatic heterocycles. The van der Waals surface area contributed by atoms with Crippen molar-refractivity contribution in [2.45, 2.75) is 38.5 Å². The molecule has 0 saturated carbocycles. The first-order valence-electron chi connectivity index (χ1n) is 8.65.